The molecule has 0 aliphatic heterocycles. The summed E-state index contributed by atoms with van der Waals surface area (Å²) in [6.45, 7) is 8.87. The highest BCUT2D eigenvalue weighted by molar-refractivity contribution is 6.08. The number of quaternary nitrogens is 1. The van der Waals surface area contributed by atoms with Crippen LogP contribution >= 0.6 is 0 Å². The van der Waals surface area contributed by atoms with Crippen molar-refractivity contribution in [2.24, 2.45) is 0 Å². The first-order valence-electron chi connectivity index (χ1n) is 7.52. The fraction of sp³-hybridized carbons (Fsp3) is 1.00. The SMILES string of the molecule is CCCCC[N+](C)(CCC[SiH3])CCCCC. The van der Waals surface area contributed by atoms with Gasteiger partial charge in [-0.2, -0.15) is 0 Å². The summed E-state index contributed by atoms with van der Waals surface area (Å²) in [5, 5.41) is 0. The minimum absolute atomic E-state index is 1.35. The van der Waals surface area contributed by atoms with Crippen LogP contribution in [0.5, 0.6) is 0 Å². The number of nitrogens with zero attached hydrogens (tertiary/aromatic N) is 1. The van der Waals surface area contributed by atoms with Crippen LogP contribution in [-0.2, 0) is 0 Å². The average molecular weight is 245 g/mol. The largest absolute Gasteiger partial charge is 0.326 e. The molecule has 1 nitrogen and oxygen atoms in total. The molecule has 0 aliphatic rings. The van der Waals surface area contributed by atoms with Crippen molar-refractivity contribution in [1.29, 1.82) is 0 Å². The van der Waals surface area contributed by atoms with E-state index in [1.165, 1.54) is 85.3 Å². The van der Waals surface area contributed by atoms with Gasteiger partial charge in [0.1, 0.15) is 0 Å². The van der Waals surface area contributed by atoms with Crippen LogP contribution in [0.2, 0.25) is 6.04 Å². The van der Waals surface area contributed by atoms with Gasteiger partial charge in [0.15, 0.2) is 0 Å². The minimum Gasteiger partial charge on any atom is -0.326 e. The third kappa shape index (κ3) is 8.34. The third-order valence-electron chi connectivity index (χ3n) is 3.65. The second-order valence-corrected chi connectivity index (χ2v) is 6.56. The monoisotopic (exact) mass is 244 g/mol. The van der Waals surface area contributed by atoms with Gasteiger partial charge in [0.05, 0.1) is 26.7 Å². The van der Waals surface area contributed by atoms with E-state index in [9.17, 15) is 0 Å². The van der Waals surface area contributed by atoms with Gasteiger partial charge in [-0.1, -0.05) is 32.7 Å². The lowest BCUT2D eigenvalue weighted by Crippen LogP contribution is -2.46. The maximum atomic E-state index is 2.49. The number of hydrogen-bond acceptors (Lipinski definition) is 0. The van der Waals surface area contributed by atoms with E-state index < -0.39 is 0 Å². The standard InChI is InChI=1S/C14H34NSi/c1-4-6-8-11-15(3,13-10-14-16)12-9-7-5-2/h4-14H2,1-3,16H3/q+1. The summed E-state index contributed by atoms with van der Waals surface area (Å²) in [5.74, 6) is 0. The van der Waals surface area contributed by atoms with Crippen molar-refractivity contribution in [3.05, 3.63) is 0 Å². The van der Waals surface area contributed by atoms with E-state index in [2.05, 4.69) is 20.9 Å². The Kier molecular flexibility index (Phi) is 10.5. The third-order valence-corrected chi connectivity index (χ3v) is 4.36. The van der Waals surface area contributed by atoms with Crippen molar-refractivity contribution in [3.63, 3.8) is 0 Å². The average Bonchev–Trinajstić information content (AvgIpc) is 2.27. The van der Waals surface area contributed by atoms with Gasteiger partial charge in [-0.15, -0.1) is 0 Å². The van der Waals surface area contributed by atoms with Crippen LogP contribution in [0.1, 0.15) is 58.8 Å². The Labute approximate surface area is 107 Å². The number of unbranched alkanes of at least 4 members (excludes halogenated alkanes) is 4. The molecule has 0 aromatic carbocycles. The van der Waals surface area contributed by atoms with Crippen LogP contribution in [0.25, 0.3) is 0 Å². The Morgan fingerprint density at radius 2 is 1.19 bits per heavy atom. The Morgan fingerprint density at radius 3 is 1.56 bits per heavy atom. The summed E-state index contributed by atoms with van der Waals surface area (Å²) in [6, 6.07) is 1.48. The van der Waals surface area contributed by atoms with Crippen molar-refractivity contribution in [2.45, 2.75) is 64.8 Å². The fourth-order valence-electron chi connectivity index (χ4n) is 2.36. The highest BCUT2D eigenvalue weighted by Crippen LogP contribution is 2.12. The first-order valence-corrected chi connectivity index (χ1v) is 8.93. The van der Waals surface area contributed by atoms with E-state index in [1.807, 2.05) is 0 Å². The van der Waals surface area contributed by atoms with Gasteiger partial charge in [-0.25, -0.2) is 0 Å². The number of rotatable bonds is 11. The predicted molar refractivity (Wildman–Crippen MR) is 79.2 cm³/mol. The quantitative estimate of drug-likeness (QED) is 0.298. The summed E-state index contributed by atoms with van der Waals surface area (Å²) < 4.78 is 1.35. The van der Waals surface area contributed by atoms with Gasteiger partial charge in [0.2, 0.25) is 0 Å². The summed E-state index contributed by atoms with van der Waals surface area (Å²) in [7, 11) is 3.87. The molecule has 0 rings (SSSR count). The summed E-state index contributed by atoms with van der Waals surface area (Å²) in [6.07, 6.45) is 9.87. The molecule has 0 aliphatic carbocycles. The molecule has 0 saturated carbocycles. The molecular weight excluding hydrogens is 210 g/mol. The van der Waals surface area contributed by atoms with Crippen LogP contribution in [0.15, 0.2) is 0 Å². The lowest BCUT2D eigenvalue weighted by molar-refractivity contribution is -0.910. The normalized spacial score (nSPS) is 12.2. The zero-order valence-electron chi connectivity index (χ0n) is 12.2. The van der Waals surface area contributed by atoms with Crippen molar-refractivity contribution >= 4 is 10.2 Å². The molecular formula is C14H34NSi+. The zero-order valence-corrected chi connectivity index (χ0v) is 14.2. The van der Waals surface area contributed by atoms with E-state index in [0.29, 0.717) is 0 Å². The molecule has 0 radical (unpaired) electrons. The molecule has 0 N–H and O–H groups in total. The number of hydrogen-bond donors (Lipinski definition) is 0. The maximum Gasteiger partial charge on any atom is 0.0784 e. The molecule has 0 bridgehead atoms. The molecule has 0 heterocycles. The van der Waals surface area contributed by atoms with Crippen molar-refractivity contribution < 1.29 is 4.48 Å². The van der Waals surface area contributed by atoms with Crippen molar-refractivity contribution in [2.75, 3.05) is 26.7 Å². The lowest BCUT2D eigenvalue weighted by Gasteiger charge is -2.35. The van der Waals surface area contributed by atoms with Gasteiger partial charge in [-0.05, 0) is 32.1 Å². The summed E-state index contributed by atoms with van der Waals surface area (Å²) >= 11 is 0. The molecule has 2 heteroatoms. The van der Waals surface area contributed by atoms with Gasteiger partial charge >= 0.3 is 0 Å². The van der Waals surface area contributed by atoms with E-state index in [4.69, 9.17) is 0 Å². The van der Waals surface area contributed by atoms with Gasteiger partial charge < -0.3 is 4.48 Å². The van der Waals surface area contributed by atoms with E-state index in [-0.39, 0.29) is 0 Å². The Hall–Kier alpha value is 0.177. The topological polar surface area (TPSA) is 0 Å². The van der Waals surface area contributed by atoms with Gasteiger partial charge in [0.25, 0.3) is 0 Å². The van der Waals surface area contributed by atoms with Crippen LogP contribution in [0.4, 0.5) is 0 Å². The molecule has 0 fully saturated rings. The van der Waals surface area contributed by atoms with Gasteiger partial charge in [-0.3, -0.25) is 0 Å². The predicted octanol–water partition coefficient (Wildman–Crippen LogP) is 2.99. The molecule has 0 unspecified atom stereocenters. The Bertz CT molecular complexity index is 138. The molecule has 98 valence electrons. The summed E-state index contributed by atoms with van der Waals surface area (Å²) in [5.41, 5.74) is 0. The second-order valence-electron chi connectivity index (χ2n) is 5.56. The zero-order chi connectivity index (χ0) is 12.3. The molecule has 0 spiro atoms. The molecule has 0 saturated heterocycles. The molecule has 0 aromatic heterocycles. The van der Waals surface area contributed by atoms with E-state index >= 15 is 0 Å². The van der Waals surface area contributed by atoms with E-state index in [0.717, 1.165) is 0 Å². The molecule has 16 heavy (non-hydrogen) atoms. The fourth-order valence-corrected chi connectivity index (χ4v) is 2.68. The Morgan fingerprint density at radius 1 is 0.750 bits per heavy atom. The van der Waals surface area contributed by atoms with Crippen LogP contribution in [0, 0.1) is 0 Å². The Balaban J connectivity index is 3.91. The first-order chi connectivity index (χ1) is 7.68. The lowest BCUT2D eigenvalue weighted by atomic mass is 10.1. The second kappa shape index (κ2) is 10.3. The van der Waals surface area contributed by atoms with Crippen LogP contribution in [-0.4, -0.2) is 41.4 Å². The van der Waals surface area contributed by atoms with Crippen molar-refractivity contribution in [1.82, 2.24) is 0 Å². The molecule has 0 aromatic rings. The van der Waals surface area contributed by atoms with Crippen LogP contribution in [0.3, 0.4) is 0 Å². The first kappa shape index (κ1) is 16.2. The molecule has 0 atom stereocenters. The van der Waals surface area contributed by atoms with E-state index in [1.54, 1.807) is 0 Å². The van der Waals surface area contributed by atoms with Crippen molar-refractivity contribution in [3.8, 4) is 0 Å². The maximum absolute atomic E-state index is 2.49. The summed E-state index contributed by atoms with van der Waals surface area (Å²) in [4.78, 5) is 0. The minimum atomic E-state index is 1.35. The van der Waals surface area contributed by atoms with Gasteiger partial charge in [0, 0.05) is 10.2 Å². The highest BCUT2D eigenvalue weighted by Gasteiger charge is 2.19. The molecule has 0 amide bonds. The van der Waals surface area contributed by atoms with Crippen LogP contribution < -0.4 is 0 Å². The smallest absolute Gasteiger partial charge is 0.0784 e. The highest BCUT2D eigenvalue weighted by atomic mass is 28.1.